The van der Waals surface area contributed by atoms with Crippen molar-refractivity contribution in [3.8, 4) is 0 Å². The molecular weight excluding hydrogens is 293 g/mol. The Kier molecular flexibility index (Phi) is 3.42. The third kappa shape index (κ3) is 2.25. The van der Waals surface area contributed by atoms with E-state index in [1.54, 1.807) is 12.1 Å². The van der Waals surface area contributed by atoms with Crippen LogP contribution in [0.15, 0.2) is 54.6 Å². The highest BCUT2D eigenvalue weighted by Crippen LogP contribution is 2.49. The van der Waals surface area contributed by atoms with Gasteiger partial charge in [-0.15, -0.1) is 0 Å². The Morgan fingerprint density at radius 2 is 1.83 bits per heavy atom. The molecule has 1 amide bonds. The van der Waals surface area contributed by atoms with Crippen molar-refractivity contribution in [3.63, 3.8) is 0 Å². The molecule has 0 unspecified atom stereocenters. The molecule has 2 aromatic carbocycles. The third-order valence-electron chi connectivity index (χ3n) is 4.84. The first kappa shape index (κ1) is 14.4. The van der Waals surface area contributed by atoms with Gasteiger partial charge in [0.25, 0.3) is 0 Å². The Morgan fingerprint density at radius 1 is 1.09 bits per heavy atom. The van der Waals surface area contributed by atoms with Gasteiger partial charge in [0.05, 0.1) is 12.6 Å². The molecule has 4 heteroatoms. The zero-order valence-electron chi connectivity index (χ0n) is 12.7. The number of rotatable bonds is 2. The van der Waals surface area contributed by atoms with Gasteiger partial charge in [0.2, 0.25) is 5.91 Å². The predicted molar refractivity (Wildman–Crippen MR) is 83.9 cm³/mol. The first-order chi connectivity index (χ1) is 11.2. The quantitative estimate of drug-likeness (QED) is 0.845. The number of amides is 1. The lowest BCUT2D eigenvalue weighted by Gasteiger charge is -2.43. The summed E-state index contributed by atoms with van der Waals surface area (Å²) in [7, 11) is 0. The molecule has 4 rings (SSSR count). The van der Waals surface area contributed by atoms with E-state index in [0.29, 0.717) is 13.0 Å². The van der Waals surface area contributed by atoms with Gasteiger partial charge < -0.3 is 9.64 Å². The highest BCUT2D eigenvalue weighted by Gasteiger charge is 2.53. The fourth-order valence-corrected chi connectivity index (χ4v) is 3.78. The van der Waals surface area contributed by atoms with E-state index in [1.165, 1.54) is 12.1 Å². The molecule has 118 valence electrons. The van der Waals surface area contributed by atoms with Crippen LogP contribution in [0.2, 0.25) is 0 Å². The van der Waals surface area contributed by atoms with Crippen molar-refractivity contribution < 1.29 is 13.9 Å². The van der Waals surface area contributed by atoms with E-state index in [-0.39, 0.29) is 17.8 Å². The molecule has 23 heavy (non-hydrogen) atoms. The number of carbonyl (C=O) groups excluding carboxylic acids is 1. The van der Waals surface area contributed by atoms with Crippen LogP contribution < -0.4 is 0 Å². The van der Waals surface area contributed by atoms with E-state index in [9.17, 15) is 9.18 Å². The molecule has 2 aliphatic rings. The number of nitrogens with zero attached hydrogens (tertiary/aromatic N) is 1. The summed E-state index contributed by atoms with van der Waals surface area (Å²) in [5, 5.41) is 0. The molecule has 3 nitrogen and oxygen atoms in total. The van der Waals surface area contributed by atoms with Crippen molar-refractivity contribution in [1.82, 2.24) is 4.90 Å². The van der Waals surface area contributed by atoms with Crippen LogP contribution in [0.4, 0.5) is 4.39 Å². The summed E-state index contributed by atoms with van der Waals surface area (Å²) in [5.41, 5.74) is 1.17. The van der Waals surface area contributed by atoms with Gasteiger partial charge in [-0.25, -0.2) is 4.39 Å². The molecule has 0 aliphatic carbocycles. The standard InChI is InChI=1S/C19H18FNO2/c20-16-10-8-15(9-11-16)19-12-4-7-18(22)21(19)17(13-23-19)14-5-2-1-3-6-14/h1-3,5-6,8-11,17H,4,7,12-13H2/t17-,19+/m1/s1. The first-order valence-corrected chi connectivity index (χ1v) is 7.98. The van der Waals surface area contributed by atoms with Crippen LogP contribution in [0.5, 0.6) is 0 Å². The topological polar surface area (TPSA) is 29.5 Å². The Labute approximate surface area is 134 Å². The Balaban J connectivity index is 1.79. The highest BCUT2D eigenvalue weighted by molar-refractivity contribution is 5.79. The maximum atomic E-state index is 13.3. The van der Waals surface area contributed by atoms with E-state index in [0.717, 1.165) is 24.0 Å². The largest absolute Gasteiger partial charge is 0.349 e. The number of halogens is 1. The third-order valence-corrected chi connectivity index (χ3v) is 4.84. The summed E-state index contributed by atoms with van der Waals surface area (Å²) in [6.07, 6.45) is 2.07. The molecule has 0 saturated carbocycles. The molecule has 2 aromatic rings. The Bertz CT molecular complexity index is 716. The number of hydrogen-bond acceptors (Lipinski definition) is 2. The summed E-state index contributed by atoms with van der Waals surface area (Å²) in [4.78, 5) is 14.6. The fraction of sp³-hybridized carbons (Fsp3) is 0.316. The predicted octanol–water partition coefficient (Wildman–Crippen LogP) is 3.76. The van der Waals surface area contributed by atoms with Crippen LogP contribution in [0.25, 0.3) is 0 Å². The van der Waals surface area contributed by atoms with Gasteiger partial charge in [-0.2, -0.15) is 0 Å². The Morgan fingerprint density at radius 3 is 2.57 bits per heavy atom. The average molecular weight is 311 g/mol. The second kappa shape index (κ2) is 5.46. The summed E-state index contributed by atoms with van der Waals surface area (Å²) >= 11 is 0. The molecular formula is C19H18FNO2. The van der Waals surface area contributed by atoms with Gasteiger partial charge in [-0.1, -0.05) is 42.5 Å². The minimum Gasteiger partial charge on any atom is -0.349 e. The van der Waals surface area contributed by atoms with Crippen LogP contribution in [-0.4, -0.2) is 17.4 Å². The van der Waals surface area contributed by atoms with Crippen molar-refractivity contribution in [2.24, 2.45) is 0 Å². The number of fused-ring (bicyclic) bond motifs is 1. The van der Waals surface area contributed by atoms with Crippen molar-refractivity contribution in [3.05, 3.63) is 71.5 Å². The molecule has 0 spiro atoms. The van der Waals surface area contributed by atoms with Gasteiger partial charge in [-0.05, 0) is 24.1 Å². The van der Waals surface area contributed by atoms with Gasteiger partial charge >= 0.3 is 0 Å². The average Bonchev–Trinajstić information content (AvgIpc) is 2.98. The zero-order valence-corrected chi connectivity index (χ0v) is 12.7. The molecule has 2 fully saturated rings. The normalized spacial score (nSPS) is 27.1. The number of carbonyl (C=O) groups is 1. The van der Waals surface area contributed by atoms with Crippen LogP contribution in [0, 0.1) is 5.82 Å². The fourth-order valence-electron chi connectivity index (χ4n) is 3.78. The van der Waals surface area contributed by atoms with Gasteiger partial charge in [-0.3, -0.25) is 4.79 Å². The van der Waals surface area contributed by atoms with Crippen molar-refractivity contribution >= 4 is 5.91 Å². The van der Waals surface area contributed by atoms with E-state index in [1.807, 2.05) is 35.2 Å². The lowest BCUT2D eigenvalue weighted by molar-refractivity contribution is -0.163. The molecule has 2 aliphatic heterocycles. The molecule has 0 aromatic heterocycles. The molecule has 2 saturated heterocycles. The van der Waals surface area contributed by atoms with Crippen LogP contribution in [-0.2, 0) is 15.3 Å². The first-order valence-electron chi connectivity index (χ1n) is 7.98. The molecule has 0 radical (unpaired) electrons. The minimum absolute atomic E-state index is 0.0888. The van der Waals surface area contributed by atoms with E-state index >= 15 is 0 Å². The zero-order chi connectivity index (χ0) is 15.9. The lowest BCUT2D eigenvalue weighted by atomic mass is 9.89. The lowest BCUT2D eigenvalue weighted by Crippen LogP contribution is -2.49. The van der Waals surface area contributed by atoms with Crippen molar-refractivity contribution in [2.75, 3.05) is 6.61 Å². The SMILES string of the molecule is O=C1CCC[C@@]2(c3ccc(F)cc3)OC[C@H](c3ccccc3)N12. The van der Waals surface area contributed by atoms with Crippen LogP contribution >= 0.6 is 0 Å². The van der Waals surface area contributed by atoms with Crippen molar-refractivity contribution in [2.45, 2.75) is 31.0 Å². The molecule has 2 heterocycles. The Hall–Kier alpha value is -2.20. The van der Waals surface area contributed by atoms with E-state index < -0.39 is 5.72 Å². The van der Waals surface area contributed by atoms with Gasteiger partial charge in [0.1, 0.15) is 5.82 Å². The maximum Gasteiger partial charge on any atom is 0.225 e. The number of hydrogen-bond donors (Lipinski definition) is 0. The van der Waals surface area contributed by atoms with Crippen LogP contribution in [0.1, 0.15) is 36.4 Å². The highest BCUT2D eigenvalue weighted by atomic mass is 19.1. The van der Waals surface area contributed by atoms with Gasteiger partial charge in [0.15, 0.2) is 5.72 Å². The maximum absolute atomic E-state index is 13.3. The van der Waals surface area contributed by atoms with Crippen LogP contribution in [0.3, 0.4) is 0 Å². The summed E-state index contributed by atoms with van der Waals surface area (Å²) in [5.74, 6) is -0.177. The summed E-state index contributed by atoms with van der Waals surface area (Å²) < 4.78 is 19.5. The number of benzene rings is 2. The molecule has 0 N–H and O–H groups in total. The second-order valence-electron chi connectivity index (χ2n) is 6.15. The van der Waals surface area contributed by atoms with E-state index in [2.05, 4.69) is 0 Å². The van der Waals surface area contributed by atoms with Crippen molar-refractivity contribution in [1.29, 1.82) is 0 Å². The summed E-state index contributed by atoms with van der Waals surface area (Å²) in [6.45, 7) is 0.465. The molecule has 0 bridgehead atoms. The smallest absolute Gasteiger partial charge is 0.225 e. The van der Waals surface area contributed by atoms with Gasteiger partial charge in [0, 0.05) is 18.4 Å². The van der Waals surface area contributed by atoms with E-state index in [4.69, 9.17) is 4.74 Å². The number of ether oxygens (including phenoxy) is 1. The monoisotopic (exact) mass is 311 g/mol. The second-order valence-corrected chi connectivity index (χ2v) is 6.15. The summed E-state index contributed by atoms with van der Waals surface area (Å²) in [6, 6.07) is 16.2. The molecule has 2 atom stereocenters. The number of piperidine rings is 1. The minimum atomic E-state index is -0.760.